The Hall–Kier alpha value is -2.49. The number of hydrogen-bond acceptors (Lipinski definition) is 5. The first kappa shape index (κ1) is 27.1. The maximum atomic E-state index is 12.5. The molecule has 2 aromatic carbocycles. The zero-order valence-corrected chi connectivity index (χ0v) is 21.8. The van der Waals surface area contributed by atoms with Crippen LogP contribution < -0.4 is 10.0 Å². The van der Waals surface area contributed by atoms with Crippen molar-refractivity contribution in [3.63, 3.8) is 0 Å². The van der Waals surface area contributed by atoms with E-state index in [1.165, 1.54) is 7.11 Å². The third kappa shape index (κ3) is 7.75. The van der Waals surface area contributed by atoms with Crippen molar-refractivity contribution in [1.29, 1.82) is 0 Å². The Labute approximate surface area is 216 Å². The zero-order chi connectivity index (χ0) is 25.4. The van der Waals surface area contributed by atoms with Crippen LogP contribution in [0, 0.1) is 0 Å². The summed E-state index contributed by atoms with van der Waals surface area (Å²) in [5.41, 5.74) is 1.42. The number of rotatable bonds is 9. The summed E-state index contributed by atoms with van der Waals surface area (Å²) in [6.45, 7) is 1.08. The van der Waals surface area contributed by atoms with Gasteiger partial charge in [-0.25, -0.2) is 13.2 Å². The lowest BCUT2D eigenvalue weighted by Gasteiger charge is -2.34. The van der Waals surface area contributed by atoms with E-state index in [1.807, 2.05) is 0 Å². The molecule has 1 fully saturated rings. The topological polar surface area (TPSA) is 105 Å². The van der Waals surface area contributed by atoms with Crippen molar-refractivity contribution in [1.82, 2.24) is 10.2 Å². The van der Waals surface area contributed by atoms with Crippen LogP contribution >= 0.6 is 23.2 Å². The van der Waals surface area contributed by atoms with Crippen LogP contribution in [0.4, 0.5) is 10.5 Å². The van der Waals surface area contributed by atoms with E-state index in [4.69, 9.17) is 27.9 Å². The molecule has 1 saturated heterocycles. The molecule has 0 spiro atoms. The number of aryl methyl sites for hydroxylation is 1. The second kappa shape index (κ2) is 12.5. The molecule has 0 saturated carbocycles. The molecule has 0 radical (unpaired) electrons. The van der Waals surface area contributed by atoms with Gasteiger partial charge < -0.3 is 15.0 Å². The van der Waals surface area contributed by atoms with E-state index in [9.17, 15) is 18.0 Å². The fourth-order valence-corrected chi connectivity index (χ4v) is 5.52. The van der Waals surface area contributed by atoms with Crippen LogP contribution in [0.25, 0.3) is 0 Å². The molecule has 0 aromatic heterocycles. The molecule has 8 nitrogen and oxygen atoms in total. The molecule has 1 aliphatic rings. The minimum Gasteiger partial charge on any atom is -0.453 e. The van der Waals surface area contributed by atoms with Crippen molar-refractivity contribution in [2.24, 2.45) is 0 Å². The number of carbonyl (C=O) groups excluding carboxylic acids is 2. The lowest BCUT2D eigenvalue weighted by Crippen LogP contribution is -2.45. The van der Waals surface area contributed by atoms with Gasteiger partial charge >= 0.3 is 6.09 Å². The van der Waals surface area contributed by atoms with Crippen molar-refractivity contribution in [2.75, 3.05) is 30.7 Å². The van der Waals surface area contributed by atoms with Crippen molar-refractivity contribution in [2.45, 2.75) is 38.1 Å². The first-order chi connectivity index (χ1) is 16.7. The van der Waals surface area contributed by atoms with Crippen LogP contribution in [0.2, 0.25) is 10.0 Å². The standard InChI is InChI=1S/C24H29Cl2N3O5S/c1-34-24(31)29-15-3-2-6-20(29)12-14-27-23(30)18-8-10-19(11-9-18)28-35(32,33)16-13-17-5-4-7-21(25)22(17)26/h4-5,7-11,20,28H,2-3,6,12-16H2,1H3,(H,27,30). The summed E-state index contributed by atoms with van der Waals surface area (Å²) >= 11 is 12.1. The van der Waals surface area contributed by atoms with Crippen molar-refractivity contribution in [3.8, 4) is 0 Å². The molecule has 2 amide bonds. The number of nitrogens with one attached hydrogen (secondary N) is 2. The highest BCUT2D eigenvalue weighted by atomic mass is 35.5. The van der Waals surface area contributed by atoms with E-state index in [0.29, 0.717) is 46.4 Å². The number of likely N-dealkylation sites (tertiary alicyclic amines) is 1. The summed E-state index contributed by atoms with van der Waals surface area (Å²) in [4.78, 5) is 26.1. The van der Waals surface area contributed by atoms with Gasteiger partial charge in [-0.05, 0) is 68.0 Å². The third-order valence-electron chi connectivity index (χ3n) is 5.89. The number of piperidine rings is 1. The lowest BCUT2D eigenvalue weighted by molar-refractivity contribution is 0.0852. The minimum atomic E-state index is -3.63. The molecule has 3 rings (SSSR count). The average Bonchev–Trinajstić information content (AvgIpc) is 2.85. The van der Waals surface area contributed by atoms with Gasteiger partial charge in [-0.1, -0.05) is 35.3 Å². The first-order valence-electron chi connectivity index (χ1n) is 11.4. The fourth-order valence-electron chi connectivity index (χ4n) is 4.02. The van der Waals surface area contributed by atoms with E-state index in [0.717, 1.165) is 19.3 Å². The number of amides is 2. The number of halogens is 2. The number of methoxy groups -OCH3 is 1. The van der Waals surface area contributed by atoms with Crippen LogP contribution in [0.15, 0.2) is 42.5 Å². The second-order valence-electron chi connectivity index (χ2n) is 8.32. The van der Waals surface area contributed by atoms with Gasteiger partial charge in [0.25, 0.3) is 5.91 Å². The SMILES string of the molecule is COC(=O)N1CCCCC1CCNC(=O)c1ccc(NS(=O)(=O)CCc2cccc(Cl)c2Cl)cc1. The maximum absolute atomic E-state index is 12.5. The van der Waals surface area contributed by atoms with Gasteiger partial charge in [-0.15, -0.1) is 0 Å². The van der Waals surface area contributed by atoms with E-state index in [1.54, 1.807) is 47.4 Å². The van der Waals surface area contributed by atoms with Crippen LogP contribution in [0.1, 0.15) is 41.6 Å². The Kier molecular flexibility index (Phi) is 9.65. The monoisotopic (exact) mass is 541 g/mol. The largest absolute Gasteiger partial charge is 0.453 e. The highest BCUT2D eigenvalue weighted by Crippen LogP contribution is 2.26. The third-order valence-corrected chi connectivity index (χ3v) is 8.04. The van der Waals surface area contributed by atoms with Gasteiger partial charge in [0.05, 0.1) is 22.9 Å². The molecule has 1 atom stereocenters. The molecule has 190 valence electrons. The van der Waals surface area contributed by atoms with Crippen LogP contribution in [-0.2, 0) is 21.2 Å². The molecule has 0 aliphatic carbocycles. The molecule has 1 unspecified atom stereocenters. The highest BCUT2D eigenvalue weighted by molar-refractivity contribution is 7.92. The number of sulfonamides is 1. The summed E-state index contributed by atoms with van der Waals surface area (Å²) in [5.74, 6) is -0.436. The van der Waals surface area contributed by atoms with E-state index >= 15 is 0 Å². The van der Waals surface area contributed by atoms with Crippen molar-refractivity contribution < 1.29 is 22.7 Å². The molecule has 2 aromatic rings. The minimum absolute atomic E-state index is 0.0371. The van der Waals surface area contributed by atoms with Crippen LogP contribution in [0.3, 0.4) is 0 Å². The average molecular weight is 542 g/mol. The predicted molar refractivity (Wildman–Crippen MR) is 138 cm³/mol. The number of ether oxygens (including phenoxy) is 1. The molecule has 1 heterocycles. The summed E-state index contributed by atoms with van der Waals surface area (Å²) < 4.78 is 32.3. The fraction of sp³-hybridized carbons (Fsp3) is 0.417. The summed E-state index contributed by atoms with van der Waals surface area (Å²) in [7, 11) is -2.26. The van der Waals surface area contributed by atoms with E-state index in [2.05, 4.69) is 10.0 Å². The van der Waals surface area contributed by atoms with Gasteiger partial charge in [-0.2, -0.15) is 0 Å². The van der Waals surface area contributed by atoms with Crippen LogP contribution in [-0.4, -0.2) is 57.3 Å². The maximum Gasteiger partial charge on any atom is 0.409 e. The van der Waals surface area contributed by atoms with Gasteiger partial charge in [0, 0.05) is 30.4 Å². The van der Waals surface area contributed by atoms with Crippen LogP contribution in [0.5, 0.6) is 0 Å². The molecule has 0 bridgehead atoms. The van der Waals surface area contributed by atoms with Gasteiger partial charge in [-0.3, -0.25) is 9.52 Å². The number of carbonyl (C=O) groups is 2. The molecule has 11 heteroatoms. The predicted octanol–water partition coefficient (Wildman–Crippen LogP) is 4.72. The van der Waals surface area contributed by atoms with E-state index < -0.39 is 10.0 Å². The number of anilines is 1. The van der Waals surface area contributed by atoms with E-state index in [-0.39, 0.29) is 30.2 Å². The molecule has 35 heavy (non-hydrogen) atoms. The Morgan fingerprint density at radius 3 is 2.57 bits per heavy atom. The normalized spacial score (nSPS) is 16.0. The second-order valence-corrected chi connectivity index (χ2v) is 10.9. The zero-order valence-electron chi connectivity index (χ0n) is 19.4. The summed E-state index contributed by atoms with van der Waals surface area (Å²) in [6.07, 6.45) is 3.37. The smallest absolute Gasteiger partial charge is 0.409 e. The molecule has 1 aliphatic heterocycles. The first-order valence-corrected chi connectivity index (χ1v) is 13.8. The van der Waals surface area contributed by atoms with Gasteiger partial charge in [0.2, 0.25) is 10.0 Å². The van der Waals surface area contributed by atoms with Crippen molar-refractivity contribution >= 4 is 50.9 Å². The molecular formula is C24H29Cl2N3O5S. The lowest BCUT2D eigenvalue weighted by atomic mass is 10.00. The summed E-state index contributed by atoms with van der Waals surface area (Å²) in [5, 5.41) is 3.59. The van der Waals surface area contributed by atoms with Gasteiger partial charge in [0.15, 0.2) is 0 Å². The van der Waals surface area contributed by atoms with Crippen molar-refractivity contribution in [3.05, 3.63) is 63.6 Å². The number of nitrogens with zero attached hydrogens (tertiary/aromatic N) is 1. The highest BCUT2D eigenvalue weighted by Gasteiger charge is 2.27. The molecule has 2 N–H and O–H groups in total. The number of hydrogen-bond donors (Lipinski definition) is 2. The Morgan fingerprint density at radius 1 is 1.11 bits per heavy atom. The Morgan fingerprint density at radius 2 is 1.86 bits per heavy atom. The summed E-state index contributed by atoms with van der Waals surface area (Å²) in [6, 6.07) is 11.3. The quantitative estimate of drug-likeness (QED) is 0.477. The Bertz CT molecular complexity index is 1140. The molecular weight excluding hydrogens is 513 g/mol. The number of benzene rings is 2. The van der Waals surface area contributed by atoms with Gasteiger partial charge in [0.1, 0.15) is 0 Å². The Balaban J connectivity index is 1.49.